The highest BCUT2D eigenvalue weighted by molar-refractivity contribution is 6.33. The molecule has 1 aromatic rings. The van der Waals surface area contributed by atoms with Crippen molar-refractivity contribution in [2.75, 3.05) is 5.32 Å². The Morgan fingerprint density at radius 1 is 1.41 bits per heavy atom. The van der Waals surface area contributed by atoms with E-state index in [0.717, 1.165) is 5.56 Å². The van der Waals surface area contributed by atoms with E-state index in [2.05, 4.69) is 5.32 Å². The zero-order chi connectivity index (χ0) is 13.2. The minimum absolute atomic E-state index is 0.218. The van der Waals surface area contributed by atoms with Gasteiger partial charge in [0, 0.05) is 0 Å². The first-order valence-corrected chi connectivity index (χ1v) is 5.92. The molecule has 3 nitrogen and oxygen atoms in total. The summed E-state index contributed by atoms with van der Waals surface area (Å²) in [7, 11) is 0. The van der Waals surface area contributed by atoms with Gasteiger partial charge in [0.1, 0.15) is 0 Å². The van der Waals surface area contributed by atoms with Gasteiger partial charge in [-0.3, -0.25) is 4.79 Å². The van der Waals surface area contributed by atoms with Crippen molar-refractivity contribution in [3.8, 4) is 0 Å². The molecule has 4 heteroatoms. The largest absolute Gasteiger partial charge is 0.323 e. The Kier molecular flexibility index (Phi) is 4.17. The maximum absolute atomic E-state index is 11.9. The average molecular weight is 255 g/mol. The predicted octanol–water partition coefficient (Wildman–Crippen LogP) is 2.96. The monoisotopic (exact) mass is 254 g/mol. The number of aryl methyl sites for hydroxylation is 1. The molecule has 0 saturated carbocycles. The molecule has 1 atom stereocenters. The fourth-order valence-electron chi connectivity index (χ4n) is 1.34. The number of hydrogen-bond donors (Lipinski definition) is 2. The van der Waals surface area contributed by atoms with E-state index >= 15 is 0 Å². The molecule has 0 bridgehead atoms. The number of carbonyl (C=O) groups is 1. The lowest BCUT2D eigenvalue weighted by molar-refractivity contribution is -0.119. The molecule has 0 aromatic heterocycles. The Morgan fingerprint density at radius 2 is 2.00 bits per heavy atom. The Labute approximate surface area is 107 Å². The standard InChI is InChI=1S/C13H19ClN2O/c1-8-5-6-9(14)10(7-8)16-12(17)11(15)13(2,3)4/h5-7,11H,15H2,1-4H3,(H,16,17). The lowest BCUT2D eigenvalue weighted by Gasteiger charge is -2.26. The minimum atomic E-state index is -0.570. The maximum atomic E-state index is 11.9. The Hall–Kier alpha value is -1.06. The van der Waals surface area contributed by atoms with Crippen LogP contribution in [0.25, 0.3) is 0 Å². The molecule has 0 radical (unpaired) electrons. The number of nitrogens with two attached hydrogens (primary N) is 1. The molecule has 0 aliphatic heterocycles. The third kappa shape index (κ3) is 3.72. The van der Waals surface area contributed by atoms with Gasteiger partial charge in [-0.15, -0.1) is 0 Å². The summed E-state index contributed by atoms with van der Waals surface area (Å²) in [5, 5.41) is 3.28. The smallest absolute Gasteiger partial charge is 0.241 e. The molecular formula is C13H19ClN2O. The highest BCUT2D eigenvalue weighted by Crippen LogP contribution is 2.24. The molecule has 0 spiro atoms. The van der Waals surface area contributed by atoms with Crippen molar-refractivity contribution in [3.05, 3.63) is 28.8 Å². The molecule has 0 aliphatic carbocycles. The summed E-state index contributed by atoms with van der Waals surface area (Å²) in [6.07, 6.45) is 0. The van der Waals surface area contributed by atoms with Crippen LogP contribution in [0.15, 0.2) is 18.2 Å². The number of hydrogen-bond acceptors (Lipinski definition) is 2. The first kappa shape index (κ1) is 14.0. The molecule has 1 aromatic carbocycles. The summed E-state index contributed by atoms with van der Waals surface area (Å²) in [5.41, 5.74) is 7.24. The molecule has 0 aliphatic rings. The number of rotatable bonds is 2. The van der Waals surface area contributed by atoms with Gasteiger partial charge in [0.15, 0.2) is 0 Å². The zero-order valence-corrected chi connectivity index (χ0v) is 11.4. The summed E-state index contributed by atoms with van der Waals surface area (Å²) < 4.78 is 0. The van der Waals surface area contributed by atoms with E-state index in [4.69, 9.17) is 17.3 Å². The zero-order valence-electron chi connectivity index (χ0n) is 10.7. The van der Waals surface area contributed by atoms with Crippen LogP contribution in [0.1, 0.15) is 26.3 Å². The summed E-state index contributed by atoms with van der Waals surface area (Å²) >= 11 is 6.00. The number of amides is 1. The second-order valence-electron chi connectivity index (χ2n) is 5.32. The Balaban J connectivity index is 2.85. The number of nitrogens with one attached hydrogen (secondary N) is 1. The lowest BCUT2D eigenvalue weighted by Crippen LogP contribution is -2.45. The van der Waals surface area contributed by atoms with Crippen molar-refractivity contribution in [2.24, 2.45) is 11.1 Å². The van der Waals surface area contributed by atoms with E-state index in [1.54, 1.807) is 6.07 Å². The van der Waals surface area contributed by atoms with Gasteiger partial charge < -0.3 is 11.1 Å². The third-order valence-electron chi connectivity index (χ3n) is 2.60. The van der Waals surface area contributed by atoms with Gasteiger partial charge in [0.2, 0.25) is 5.91 Å². The van der Waals surface area contributed by atoms with Gasteiger partial charge in [-0.25, -0.2) is 0 Å². The first-order valence-electron chi connectivity index (χ1n) is 5.54. The molecule has 3 N–H and O–H groups in total. The number of anilines is 1. The van der Waals surface area contributed by atoms with Crippen LogP contribution in [0.3, 0.4) is 0 Å². The summed E-state index contributed by atoms with van der Waals surface area (Å²) in [5.74, 6) is -0.218. The van der Waals surface area contributed by atoms with E-state index in [1.807, 2.05) is 39.8 Å². The van der Waals surface area contributed by atoms with Gasteiger partial charge >= 0.3 is 0 Å². The van der Waals surface area contributed by atoms with Crippen LogP contribution in [0.5, 0.6) is 0 Å². The average Bonchev–Trinajstić information content (AvgIpc) is 2.21. The van der Waals surface area contributed by atoms with Crippen LogP contribution < -0.4 is 11.1 Å². The maximum Gasteiger partial charge on any atom is 0.241 e. The van der Waals surface area contributed by atoms with Gasteiger partial charge in [-0.05, 0) is 30.0 Å². The van der Waals surface area contributed by atoms with Crippen LogP contribution in [-0.4, -0.2) is 11.9 Å². The van der Waals surface area contributed by atoms with Crippen molar-refractivity contribution < 1.29 is 4.79 Å². The number of carbonyl (C=O) groups excluding carboxylic acids is 1. The van der Waals surface area contributed by atoms with E-state index < -0.39 is 6.04 Å². The van der Waals surface area contributed by atoms with Gasteiger partial charge in [-0.2, -0.15) is 0 Å². The molecule has 94 valence electrons. The fraction of sp³-hybridized carbons (Fsp3) is 0.462. The number of benzene rings is 1. The van der Waals surface area contributed by atoms with E-state index in [1.165, 1.54) is 0 Å². The second kappa shape index (κ2) is 5.07. The third-order valence-corrected chi connectivity index (χ3v) is 2.92. The van der Waals surface area contributed by atoms with Crippen LogP contribution in [0.2, 0.25) is 5.02 Å². The molecule has 17 heavy (non-hydrogen) atoms. The minimum Gasteiger partial charge on any atom is -0.323 e. The van der Waals surface area contributed by atoms with Crippen molar-refractivity contribution in [2.45, 2.75) is 33.7 Å². The normalized spacial score (nSPS) is 13.3. The summed E-state index contributed by atoms with van der Waals surface area (Å²) in [4.78, 5) is 11.9. The van der Waals surface area contributed by atoms with Gasteiger partial charge in [0.25, 0.3) is 0 Å². The van der Waals surface area contributed by atoms with E-state index in [-0.39, 0.29) is 11.3 Å². The van der Waals surface area contributed by atoms with Crippen molar-refractivity contribution >= 4 is 23.2 Å². The van der Waals surface area contributed by atoms with Crippen molar-refractivity contribution in [1.29, 1.82) is 0 Å². The molecule has 1 rings (SSSR count). The molecular weight excluding hydrogens is 236 g/mol. The molecule has 0 heterocycles. The number of halogens is 1. The first-order chi connectivity index (χ1) is 7.71. The SMILES string of the molecule is Cc1ccc(Cl)c(NC(=O)C(N)C(C)(C)C)c1. The quantitative estimate of drug-likeness (QED) is 0.853. The summed E-state index contributed by atoms with van der Waals surface area (Å²) in [6, 6.07) is 4.91. The van der Waals surface area contributed by atoms with E-state index in [0.29, 0.717) is 10.7 Å². The molecule has 0 saturated heterocycles. The topological polar surface area (TPSA) is 55.1 Å². The lowest BCUT2D eigenvalue weighted by atomic mass is 9.87. The highest BCUT2D eigenvalue weighted by atomic mass is 35.5. The molecule has 1 unspecified atom stereocenters. The van der Waals surface area contributed by atoms with Crippen LogP contribution in [-0.2, 0) is 4.79 Å². The highest BCUT2D eigenvalue weighted by Gasteiger charge is 2.27. The van der Waals surface area contributed by atoms with Crippen LogP contribution in [0, 0.1) is 12.3 Å². The van der Waals surface area contributed by atoms with Crippen molar-refractivity contribution in [1.82, 2.24) is 0 Å². The van der Waals surface area contributed by atoms with Gasteiger partial charge in [0.05, 0.1) is 16.8 Å². The molecule has 0 fully saturated rings. The van der Waals surface area contributed by atoms with Gasteiger partial charge in [-0.1, -0.05) is 38.4 Å². The van der Waals surface area contributed by atoms with Crippen molar-refractivity contribution in [3.63, 3.8) is 0 Å². The van der Waals surface area contributed by atoms with Crippen LogP contribution in [0.4, 0.5) is 5.69 Å². The Bertz CT molecular complexity index is 424. The predicted molar refractivity (Wildman–Crippen MR) is 72.2 cm³/mol. The fourth-order valence-corrected chi connectivity index (χ4v) is 1.50. The summed E-state index contributed by atoms with van der Waals surface area (Å²) in [6.45, 7) is 7.72. The van der Waals surface area contributed by atoms with E-state index in [9.17, 15) is 4.79 Å². The Morgan fingerprint density at radius 3 is 2.53 bits per heavy atom. The second-order valence-corrected chi connectivity index (χ2v) is 5.72. The van der Waals surface area contributed by atoms with Crippen LogP contribution >= 0.6 is 11.6 Å². The molecule has 1 amide bonds.